The van der Waals surface area contributed by atoms with Crippen molar-refractivity contribution >= 4 is 5.78 Å². The molecular formula is C10H7F5O3. The summed E-state index contributed by atoms with van der Waals surface area (Å²) in [5.74, 6) is -2.00. The predicted molar refractivity (Wildman–Crippen MR) is 49.8 cm³/mol. The Morgan fingerprint density at radius 3 is 2.17 bits per heavy atom. The van der Waals surface area contributed by atoms with Crippen molar-refractivity contribution in [2.24, 2.45) is 0 Å². The van der Waals surface area contributed by atoms with Crippen LogP contribution in [0.5, 0.6) is 11.5 Å². The normalized spacial score (nSPS) is 11.5. The molecule has 0 N–H and O–H groups in total. The highest BCUT2D eigenvalue weighted by Crippen LogP contribution is 2.29. The molecular weight excluding hydrogens is 263 g/mol. The molecule has 0 saturated carbocycles. The molecule has 1 rings (SSSR count). The van der Waals surface area contributed by atoms with Crippen molar-refractivity contribution in [1.82, 2.24) is 0 Å². The van der Waals surface area contributed by atoms with Gasteiger partial charge in [0.1, 0.15) is 11.5 Å². The summed E-state index contributed by atoms with van der Waals surface area (Å²) in [5.41, 5.74) is -0.229. The van der Waals surface area contributed by atoms with Crippen molar-refractivity contribution in [2.45, 2.75) is 19.9 Å². The lowest BCUT2D eigenvalue weighted by atomic mass is 10.1. The molecule has 0 atom stereocenters. The molecule has 1 aromatic rings. The Bertz CT molecular complexity index is 442. The van der Waals surface area contributed by atoms with E-state index in [2.05, 4.69) is 9.47 Å². The van der Waals surface area contributed by atoms with Crippen molar-refractivity contribution in [3.8, 4) is 11.5 Å². The van der Waals surface area contributed by atoms with Gasteiger partial charge in [-0.05, 0) is 19.1 Å². The molecule has 18 heavy (non-hydrogen) atoms. The van der Waals surface area contributed by atoms with E-state index < -0.39 is 30.3 Å². The Kier molecular flexibility index (Phi) is 4.10. The Morgan fingerprint density at radius 2 is 1.72 bits per heavy atom. The molecule has 0 radical (unpaired) electrons. The zero-order valence-electron chi connectivity index (χ0n) is 8.92. The quantitative estimate of drug-likeness (QED) is 0.621. The Labute approximate surface area is 98.1 Å². The Morgan fingerprint density at radius 1 is 1.17 bits per heavy atom. The van der Waals surface area contributed by atoms with Crippen molar-refractivity contribution in [3.63, 3.8) is 0 Å². The average molecular weight is 270 g/mol. The van der Waals surface area contributed by atoms with Gasteiger partial charge in [0.05, 0.1) is 0 Å². The molecule has 0 spiro atoms. The number of ether oxygens (including phenoxy) is 2. The minimum atomic E-state index is -4.99. The lowest BCUT2D eigenvalue weighted by Gasteiger charge is -2.12. The van der Waals surface area contributed by atoms with E-state index in [1.54, 1.807) is 0 Å². The summed E-state index contributed by atoms with van der Waals surface area (Å²) in [6.07, 6.45) is -4.99. The molecule has 0 aromatic heterocycles. The van der Waals surface area contributed by atoms with Gasteiger partial charge >= 0.3 is 13.0 Å². The number of alkyl halides is 5. The van der Waals surface area contributed by atoms with E-state index in [9.17, 15) is 26.7 Å². The van der Waals surface area contributed by atoms with Gasteiger partial charge in [-0.2, -0.15) is 8.78 Å². The molecule has 0 saturated heterocycles. The molecule has 0 heterocycles. The van der Waals surface area contributed by atoms with Gasteiger partial charge in [0.15, 0.2) is 5.78 Å². The molecule has 0 aliphatic carbocycles. The van der Waals surface area contributed by atoms with Gasteiger partial charge in [-0.3, -0.25) is 4.79 Å². The second-order valence-electron chi connectivity index (χ2n) is 3.18. The summed E-state index contributed by atoms with van der Waals surface area (Å²) in [6.45, 7) is -2.15. The van der Waals surface area contributed by atoms with Crippen LogP contribution in [-0.4, -0.2) is 18.8 Å². The number of hydrogen-bond acceptors (Lipinski definition) is 3. The maximum Gasteiger partial charge on any atom is 0.573 e. The molecule has 8 heteroatoms. The third-order valence-electron chi connectivity index (χ3n) is 1.75. The summed E-state index contributed by atoms with van der Waals surface area (Å²) in [7, 11) is 0. The molecule has 0 fully saturated rings. The van der Waals surface area contributed by atoms with Crippen LogP contribution >= 0.6 is 0 Å². The highest BCUT2D eigenvalue weighted by atomic mass is 19.4. The van der Waals surface area contributed by atoms with Crippen LogP contribution in [0.3, 0.4) is 0 Å². The molecule has 1 aromatic carbocycles. The van der Waals surface area contributed by atoms with E-state index in [0.29, 0.717) is 6.07 Å². The molecule has 0 aliphatic rings. The highest BCUT2D eigenvalue weighted by Gasteiger charge is 2.31. The average Bonchev–Trinajstić information content (AvgIpc) is 2.12. The Hall–Kier alpha value is -1.86. The predicted octanol–water partition coefficient (Wildman–Crippen LogP) is 3.39. The van der Waals surface area contributed by atoms with E-state index >= 15 is 0 Å². The molecule has 0 amide bonds. The minimum Gasteiger partial charge on any atom is -0.435 e. The van der Waals surface area contributed by atoms with Gasteiger partial charge in [-0.15, -0.1) is 13.2 Å². The zero-order valence-corrected chi connectivity index (χ0v) is 8.92. The van der Waals surface area contributed by atoms with Crippen molar-refractivity contribution < 1.29 is 36.2 Å². The lowest BCUT2D eigenvalue weighted by molar-refractivity contribution is -0.274. The number of rotatable bonds is 4. The fourth-order valence-electron chi connectivity index (χ4n) is 1.14. The van der Waals surface area contributed by atoms with Crippen LogP contribution in [0, 0.1) is 0 Å². The van der Waals surface area contributed by atoms with Crippen LogP contribution in [0.1, 0.15) is 17.3 Å². The van der Waals surface area contributed by atoms with Crippen LogP contribution in [0.4, 0.5) is 22.0 Å². The third kappa shape index (κ3) is 4.56. The van der Waals surface area contributed by atoms with E-state index in [1.807, 2.05) is 0 Å². The topological polar surface area (TPSA) is 35.5 Å². The second-order valence-corrected chi connectivity index (χ2v) is 3.18. The van der Waals surface area contributed by atoms with Gasteiger partial charge in [0.25, 0.3) is 0 Å². The first-order valence-corrected chi connectivity index (χ1v) is 4.54. The summed E-state index contributed by atoms with van der Waals surface area (Å²) in [6, 6.07) is 2.30. The first-order chi connectivity index (χ1) is 8.17. The van der Waals surface area contributed by atoms with E-state index in [-0.39, 0.29) is 5.56 Å². The smallest absolute Gasteiger partial charge is 0.435 e. The SMILES string of the molecule is CC(=O)c1cc(OC(F)F)cc(OC(F)(F)F)c1. The van der Waals surface area contributed by atoms with Crippen LogP contribution in [0.15, 0.2) is 18.2 Å². The number of hydrogen-bond donors (Lipinski definition) is 0. The first kappa shape index (κ1) is 14.2. The summed E-state index contributed by atoms with van der Waals surface area (Å²) in [5, 5.41) is 0. The van der Waals surface area contributed by atoms with Crippen molar-refractivity contribution in [1.29, 1.82) is 0 Å². The third-order valence-corrected chi connectivity index (χ3v) is 1.75. The summed E-state index contributed by atoms with van der Waals surface area (Å²) < 4.78 is 67.3. The maximum atomic E-state index is 12.0. The van der Waals surface area contributed by atoms with E-state index in [1.165, 1.54) is 0 Å². The molecule has 0 bridgehead atoms. The fourth-order valence-corrected chi connectivity index (χ4v) is 1.14. The fraction of sp³-hybridized carbons (Fsp3) is 0.300. The number of halogens is 5. The van der Waals surface area contributed by atoms with Crippen LogP contribution < -0.4 is 9.47 Å². The van der Waals surface area contributed by atoms with Gasteiger partial charge in [0, 0.05) is 11.6 Å². The largest absolute Gasteiger partial charge is 0.573 e. The van der Waals surface area contributed by atoms with Gasteiger partial charge < -0.3 is 9.47 Å². The molecule has 0 unspecified atom stereocenters. The van der Waals surface area contributed by atoms with Gasteiger partial charge in [-0.25, -0.2) is 0 Å². The summed E-state index contributed by atoms with van der Waals surface area (Å²) >= 11 is 0. The first-order valence-electron chi connectivity index (χ1n) is 4.54. The highest BCUT2D eigenvalue weighted by molar-refractivity contribution is 5.94. The van der Waals surface area contributed by atoms with E-state index in [0.717, 1.165) is 19.1 Å². The molecule has 0 aliphatic heterocycles. The van der Waals surface area contributed by atoms with Crippen molar-refractivity contribution in [3.05, 3.63) is 23.8 Å². The second kappa shape index (κ2) is 5.19. The van der Waals surface area contributed by atoms with Crippen molar-refractivity contribution in [2.75, 3.05) is 0 Å². The molecule has 3 nitrogen and oxygen atoms in total. The molecule has 100 valence electrons. The number of carbonyl (C=O) groups excluding carboxylic acids is 1. The monoisotopic (exact) mass is 270 g/mol. The lowest BCUT2D eigenvalue weighted by Crippen LogP contribution is -2.17. The Balaban J connectivity index is 3.10. The number of benzene rings is 1. The number of Topliss-reactive ketones (excluding diaryl/α,β-unsaturated/α-hetero) is 1. The van der Waals surface area contributed by atoms with Gasteiger partial charge in [0.2, 0.25) is 0 Å². The zero-order chi connectivity index (χ0) is 13.9. The number of carbonyl (C=O) groups is 1. The van der Waals surface area contributed by atoms with Crippen LogP contribution in [-0.2, 0) is 0 Å². The van der Waals surface area contributed by atoms with Crippen LogP contribution in [0.25, 0.3) is 0 Å². The van der Waals surface area contributed by atoms with Gasteiger partial charge in [-0.1, -0.05) is 0 Å². The summed E-state index contributed by atoms with van der Waals surface area (Å²) in [4.78, 5) is 11.0. The standard InChI is InChI=1S/C10H7F5O3/c1-5(16)6-2-7(17-9(11)12)4-8(3-6)18-10(13,14)15/h2-4,9H,1H3. The maximum absolute atomic E-state index is 12.0. The minimum absolute atomic E-state index is 0.229. The number of ketones is 1. The van der Waals surface area contributed by atoms with Crippen LogP contribution in [0.2, 0.25) is 0 Å². The van der Waals surface area contributed by atoms with E-state index in [4.69, 9.17) is 0 Å².